The molecule has 3 aromatic rings. The highest BCUT2D eigenvalue weighted by molar-refractivity contribution is 5.94. The molecule has 2 aliphatic rings. The van der Waals surface area contributed by atoms with Gasteiger partial charge in [-0.1, -0.05) is 6.07 Å². The predicted octanol–water partition coefficient (Wildman–Crippen LogP) is 2.49. The fraction of sp³-hybridized carbons (Fsp3) is 0.318. The molecule has 5 rings (SSSR count). The van der Waals surface area contributed by atoms with E-state index in [1.54, 1.807) is 0 Å². The highest BCUT2D eigenvalue weighted by Gasteiger charge is 2.25. The third-order valence-corrected chi connectivity index (χ3v) is 5.83. The molecule has 29 heavy (non-hydrogen) atoms. The summed E-state index contributed by atoms with van der Waals surface area (Å²) in [6, 6.07) is 12.1. The minimum absolute atomic E-state index is 0.0131. The number of hydrogen-bond donors (Lipinski definition) is 1. The number of rotatable bonds is 2. The van der Waals surface area contributed by atoms with Gasteiger partial charge >= 0.3 is 0 Å². The second kappa shape index (κ2) is 6.92. The van der Waals surface area contributed by atoms with Gasteiger partial charge in [-0.2, -0.15) is 0 Å². The van der Waals surface area contributed by atoms with Gasteiger partial charge in [0.05, 0.1) is 0 Å². The van der Waals surface area contributed by atoms with E-state index in [4.69, 9.17) is 0 Å². The summed E-state index contributed by atoms with van der Waals surface area (Å²) in [7, 11) is 0. The summed E-state index contributed by atoms with van der Waals surface area (Å²) in [4.78, 5) is 33.2. The maximum absolute atomic E-state index is 12.9. The van der Waals surface area contributed by atoms with Crippen LogP contribution in [0.4, 0.5) is 11.4 Å². The van der Waals surface area contributed by atoms with Crippen molar-refractivity contribution in [1.82, 2.24) is 14.3 Å². The van der Waals surface area contributed by atoms with Crippen LogP contribution < -0.4 is 10.2 Å². The Balaban J connectivity index is 1.28. The number of piperazine rings is 1. The maximum atomic E-state index is 12.9. The van der Waals surface area contributed by atoms with E-state index in [9.17, 15) is 9.59 Å². The van der Waals surface area contributed by atoms with Crippen LogP contribution in [0.3, 0.4) is 0 Å². The first-order chi connectivity index (χ1) is 14.1. The van der Waals surface area contributed by atoms with E-state index < -0.39 is 0 Å². The van der Waals surface area contributed by atoms with Gasteiger partial charge in [-0.15, -0.1) is 0 Å². The molecule has 4 heterocycles. The molecule has 1 fully saturated rings. The van der Waals surface area contributed by atoms with E-state index in [-0.39, 0.29) is 11.8 Å². The Morgan fingerprint density at radius 2 is 1.90 bits per heavy atom. The minimum atomic E-state index is -0.0131. The average molecular weight is 389 g/mol. The van der Waals surface area contributed by atoms with Gasteiger partial charge in [0.2, 0.25) is 5.91 Å². The van der Waals surface area contributed by atoms with Crippen LogP contribution in [-0.2, 0) is 11.2 Å². The molecule has 0 atom stereocenters. The summed E-state index contributed by atoms with van der Waals surface area (Å²) >= 11 is 0. The molecule has 1 N–H and O–H groups in total. The molecular formula is C22H23N5O2. The number of imidazole rings is 1. The molecule has 2 aromatic heterocycles. The molecule has 2 amide bonds. The molecular weight excluding hydrogens is 366 g/mol. The molecule has 0 radical (unpaired) electrons. The first-order valence-electron chi connectivity index (χ1n) is 10.0. The third-order valence-electron chi connectivity index (χ3n) is 5.83. The number of fused-ring (bicyclic) bond motifs is 2. The quantitative estimate of drug-likeness (QED) is 0.731. The van der Waals surface area contributed by atoms with E-state index in [1.165, 1.54) is 5.56 Å². The van der Waals surface area contributed by atoms with Crippen molar-refractivity contribution in [1.29, 1.82) is 0 Å². The largest absolute Gasteiger partial charge is 0.368 e. The first kappa shape index (κ1) is 17.7. The van der Waals surface area contributed by atoms with Crippen LogP contribution in [0.1, 0.15) is 28.2 Å². The van der Waals surface area contributed by atoms with Gasteiger partial charge in [0.25, 0.3) is 5.91 Å². The zero-order valence-corrected chi connectivity index (χ0v) is 16.4. The molecule has 0 spiro atoms. The number of pyridine rings is 1. The van der Waals surface area contributed by atoms with Crippen molar-refractivity contribution in [2.75, 3.05) is 36.4 Å². The molecule has 0 aliphatic carbocycles. The molecule has 1 saturated heterocycles. The van der Waals surface area contributed by atoms with Gasteiger partial charge in [-0.25, -0.2) is 4.98 Å². The van der Waals surface area contributed by atoms with E-state index in [2.05, 4.69) is 21.3 Å². The molecule has 0 unspecified atom stereocenters. The highest BCUT2D eigenvalue weighted by Crippen LogP contribution is 2.28. The summed E-state index contributed by atoms with van der Waals surface area (Å²) < 4.78 is 1.95. The molecule has 0 bridgehead atoms. The molecule has 148 valence electrons. The number of amides is 2. The fourth-order valence-corrected chi connectivity index (χ4v) is 4.15. The number of aromatic nitrogens is 2. The zero-order valence-electron chi connectivity index (χ0n) is 16.4. The number of anilines is 2. The van der Waals surface area contributed by atoms with Crippen LogP contribution >= 0.6 is 0 Å². The molecule has 2 aliphatic heterocycles. The number of aryl methyl sites for hydroxylation is 2. The molecule has 0 saturated carbocycles. The zero-order chi connectivity index (χ0) is 20.0. The van der Waals surface area contributed by atoms with Crippen molar-refractivity contribution in [2.24, 2.45) is 0 Å². The van der Waals surface area contributed by atoms with Crippen LogP contribution in [0.2, 0.25) is 0 Å². The van der Waals surface area contributed by atoms with Crippen LogP contribution in [0.15, 0.2) is 42.6 Å². The molecule has 7 nitrogen and oxygen atoms in total. The van der Waals surface area contributed by atoms with E-state index >= 15 is 0 Å². The van der Waals surface area contributed by atoms with Gasteiger partial charge in [0.15, 0.2) is 0 Å². The topological polar surface area (TPSA) is 70.0 Å². The van der Waals surface area contributed by atoms with Gasteiger partial charge in [-0.05, 0) is 49.2 Å². The minimum Gasteiger partial charge on any atom is -0.368 e. The summed E-state index contributed by atoms with van der Waals surface area (Å²) in [5, 5.41) is 2.93. The van der Waals surface area contributed by atoms with Crippen molar-refractivity contribution < 1.29 is 9.59 Å². The number of carbonyl (C=O) groups excluding carboxylic acids is 2. The van der Waals surface area contributed by atoms with Crippen LogP contribution in [0, 0.1) is 6.92 Å². The lowest BCUT2D eigenvalue weighted by atomic mass is 10.0. The lowest BCUT2D eigenvalue weighted by Gasteiger charge is -2.36. The van der Waals surface area contributed by atoms with Gasteiger partial charge in [-0.3, -0.25) is 9.59 Å². The SMILES string of the molecule is Cc1cccc2nc(C(=O)N3CCN(c4ccc5c(c4)CCC(=O)N5)CC3)cn12. The third kappa shape index (κ3) is 3.22. The second-order valence-corrected chi connectivity index (χ2v) is 7.69. The smallest absolute Gasteiger partial charge is 0.274 e. The van der Waals surface area contributed by atoms with Gasteiger partial charge in [0.1, 0.15) is 11.3 Å². The van der Waals surface area contributed by atoms with Crippen molar-refractivity contribution >= 4 is 28.8 Å². The van der Waals surface area contributed by atoms with Crippen molar-refractivity contribution in [3.63, 3.8) is 0 Å². The van der Waals surface area contributed by atoms with Crippen LogP contribution in [0.25, 0.3) is 5.65 Å². The van der Waals surface area contributed by atoms with E-state index in [0.717, 1.165) is 42.2 Å². The number of nitrogens with zero attached hydrogens (tertiary/aromatic N) is 4. The number of carbonyl (C=O) groups is 2. The lowest BCUT2D eigenvalue weighted by molar-refractivity contribution is -0.116. The average Bonchev–Trinajstić information content (AvgIpc) is 3.19. The van der Waals surface area contributed by atoms with E-state index in [0.29, 0.717) is 25.2 Å². The van der Waals surface area contributed by atoms with E-state index in [1.807, 2.05) is 52.8 Å². The Morgan fingerprint density at radius 1 is 1.07 bits per heavy atom. The van der Waals surface area contributed by atoms with Gasteiger partial charge in [0, 0.05) is 55.9 Å². The van der Waals surface area contributed by atoms with Crippen LogP contribution in [0.5, 0.6) is 0 Å². The van der Waals surface area contributed by atoms with Crippen molar-refractivity contribution in [3.05, 3.63) is 59.5 Å². The monoisotopic (exact) mass is 389 g/mol. The normalized spacial score (nSPS) is 16.7. The Hall–Kier alpha value is -3.35. The molecule has 7 heteroatoms. The number of benzene rings is 1. The summed E-state index contributed by atoms with van der Waals surface area (Å²) in [6.07, 6.45) is 3.15. The number of hydrogen-bond acceptors (Lipinski definition) is 4. The van der Waals surface area contributed by atoms with Gasteiger partial charge < -0.3 is 19.5 Å². The Labute approximate surface area is 168 Å². The first-order valence-corrected chi connectivity index (χ1v) is 10.0. The highest BCUT2D eigenvalue weighted by atomic mass is 16.2. The maximum Gasteiger partial charge on any atom is 0.274 e. The van der Waals surface area contributed by atoms with Crippen LogP contribution in [-0.4, -0.2) is 52.3 Å². The Bertz CT molecular complexity index is 1110. The Morgan fingerprint density at radius 3 is 2.69 bits per heavy atom. The standard InChI is InChI=1S/C22H23N5O2/c1-15-3-2-4-20-23-19(14-27(15)20)22(29)26-11-9-25(10-12-26)17-6-7-18-16(13-17)5-8-21(28)24-18/h2-4,6-7,13-14H,5,8-12H2,1H3,(H,24,28). The summed E-state index contributed by atoms with van der Waals surface area (Å²) in [5.41, 5.74) is 5.60. The molecule has 1 aromatic carbocycles. The summed E-state index contributed by atoms with van der Waals surface area (Å²) in [6.45, 7) is 4.90. The van der Waals surface area contributed by atoms with Crippen molar-refractivity contribution in [2.45, 2.75) is 19.8 Å². The van der Waals surface area contributed by atoms with Crippen molar-refractivity contribution in [3.8, 4) is 0 Å². The lowest BCUT2D eigenvalue weighted by Crippen LogP contribution is -2.49. The fourth-order valence-electron chi connectivity index (χ4n) is 4.15. The Kier molecular flexibility index (Phi) is 4.23. The summed E-state index contributed by atoms with van der Waals surface area (Å²) in [5.74, 6) is 0.0698. The number of nitrogens with one attached hydrogen (secondary N) is 1. The predicted molar refractivity (Wildman–Crippen MR) is 111 cm³/mol. The second-order valence-electron chi connectivity index (χ2n) is 7.69.